The summed E-state index contributed by atoms with van der Waals surface area (Å²) in [6.45, 7) is 0.258. The van der Waals surface area contributed by atoms with Crippen molar-refractivity contribution in [2.75, 3.05) is 18.0 Å². The normalized spacial score (nSPS) is 12.4. The molecule has 1 atom stereocenters. The molecular formula is C27H29NO6S. The fourth-order valence-electron chi connectivity index (χ4n) is 3.41. The van der Waals surface area contributed by atoms with Gasteiger partial charge in [-0.25, -0.2) is 8.42 Å². The van der Waals surface area contributed by atoms with E-state index in [2.05, 4.69) is 0 Å². The fraction of sp³-hybridized carbons (Fsp3) is 0.222. The Morgan fingerprint density at radius 2 is 1.74 bits per heavy atom. The predicted octanol–water partition coefficient (Wildman–Crippen LogP) is 4.37. The zero-order valence-corrected chi connectivity index (χ0v) is 20.3. The third kappa shape index (κ3) is 7.43. The third-order valence-corrected chi connectivity index (χ3v) is 7.20. The monoisotopic (exact) mass is 495 g/mol. The van der Waals surface area contributed by atoms with Gasteiger partial charge >= 0.3 is 5.97 Å². The molecule has 7 nitrogen and oxygen atoms in total. The van der Waals surface area contributed by atoms with Gasteiger partial charge < -0.3 is 14.9 Å². The van der Waals surface area contributed by atoms with Crippen molar-refractivity contribution in [1.82, 2.24) is 0 Å². The van der Waals surface area contributed by atoms with Crippen LogP contribution in [0.1, 0.15) is 24.0 Å². The van der Waals surface area contributed by atoms with E-state index in [-0.39, 0.29) is 17.9 Å². The average molecular weight is 496 g/mol. The van der Waals surface area contributed by atoms with Crippen molar-refractivity contribution in [3.8, 4) is 5.75 Å². The summed E-state index contributed by atoms with van der Waals surface area (Å²) in [7, 11) is -2.17. The van der Waals surface area contributed by atoms with Crippen molar-refractivity contribution in [3.63, 3.8) is 0 Å². The highest BCUT2D eigenvalue weighted by Crippen LogP contribution is 2.24. The summed E-state index contributed by atoms with van der Waals surface area (Å²) >= 11 is 0. The number of carboxylic acid groups (broad SMARTS) is 1. The van der Waals surface area contributed by atoms with Crippen molar-refractivity contribution in [3.05, 3.63) is 96.1 Å². The van der Waals surface area contributed by atoms with Gasteiger partial charge in [-0.15, -0.1) is 0 Å². The van der Waals surface area contributed by atoms with E-state index in [4.69, 9.17) is 9.84 Å². The second kappa shape index (κ2) is 12.2. The number of aliphatic carboxylic acids is 1. The van der Waals surface area contributed by atoms with Gasteiger partial charge in [0.15, 0.2) is 0 Å². The second-order valence-electron chi connectivity index (χ2n) is 7.95. The molecule has 0 radical (unpaired) electrons. The van der Waals surface area contributed by atoms with Crippen molar-refractivity contribution in [2.45, 2.75) is 30.3 Å². The number of aliphatic hydroxyl groups excluding tert-OH is 1. The summed E-state index contributed by atoms with van der Waals surface area (Å²) in [5.74, 6) is -0.256. The lowest BCUT2D eigenvalue weighted by Gasteiger charge is -2.20. The lowest BCUT2D eigenvalue weighted by molar-refractivity contribution is -0.136. The largest absolute Gasteiger partial charge is 0.493 e. The minimum absolute atomic E-state index is 0.0205. The Kier molecular flexibility index (Phi) is 9.05. The third-order valence-electron chi connectivity index (χ3n) is 5.40. The minimum Gasteiger partial charge on any atom is -0.493 e. The van der Waals surface area contributed by atoms with E-state index in [1.54, 1.807) is 66.7 Å². The van der Waals surface area contributed by atoms with E-state index < -0.39 is 22.1 Å². The molecule has 0 saturated heterocycles. The van der Waals surface area contributed by atoms with E-state index in [1.165, 1.54) is 11.4 Å². The summed E-state index contributed by atoms with van der Waals surface area (Å²) in [5, 5.41) is 19.2. The molecule has 3 aromatic rings. The zero-order valence-electron chi connectivity index (χ0n) is 19.4. The number of carboxylic acids is 1. The molecule has 0 aliphatic heterocycles. The predicted molar refractivity (Wildman–Crippen MR) is 136 cm³/mol. The van der Waals surface area contributed by atoms with Gasteiger partial charge in [0.1, 0.15) is 5.75 Å². The van der Waals surface area contributed by atoms with Crippen molar-refractivity contribution < 1.29 is 28.2 Å². The molecule has 0 heterocycles. The summed E-state index contributed by atoms with van der Waals surface area (Å²) < 4.78 is 32.7. The van der Waals surface area contributed by atoms with Gasteiger partial charge in [-0.05, 0) is 47.9 Å². The second-order valence-corrected chi connectivity index (χ2v) is 9.91. The molecule has 3 aromatic carbocycles. The van der Waals surface area contributed by atoms with E-state index >= 15 is 0 Å². The first-order chi connectivity index (χ1) is 16.8. The molecule has 35 heavy (non-hydrogen) atoms. The molecule has 0 fully saturated rings. The number of benzene rings is 3. The summed E-state index contributed by atoms with van der Waals surface area (Å²) in [6.07, 6.45) is 3.33. The van der Waals surface area contributed by atoms with E-state index in [0.717, 1.165) is 11.1 Å². The van der Waals surface area contributed by atoms with Crippen molar-refractivity contribution in [1.29, 1.82) is 0 Å². The minimum atomic E-state index is -3.68. The SMILES string of the molecule is CN(c1cccc(/C=C/C(O)CCOc2ccccc2CCC(=O)O)c1)S(=O)(=O)c1ccccc1. The molecule has 0 amide bonds. The van der Waals surface area contributed by atoms with Gasteiger partial charge in [-0.3, -0.25) is 9.10 Å². The highest BCUT2D eigenvalue weighted by Gasteiger charge is 2.20. The van der Waals surface area contributed by atoms with Crippen LogP contribution in [0.25, 0.3) is 6.08 Å². The molecule has 0 aliphatic rings. The van der Waals surface area contributed by atoms with Crippen LogP contribution in [0.2, 0.25) is 0 Å². The molecule has 0 spiro atoms. The smallest absolute Gasteiger partial charge is 0.303 e. The first-order valence-electron chi connectivity index (χ1n) is 11.2. The molecule has 3 rings (SSSR count). The number of rotatable bonds is 12. The number of nitrogens with zero attached hydrogens (tertiary/aromatic N) is 1. The maximum atomic E-state index is 12.9. The van der Waals surface area contributed by atoms with Crippen LogP contribution >= 0.6 is 0 Å². The Morgan fingerprint density at radius 3 is 2.49 bits per heavy atom. The topological polar surface area (TPSA) is 104 Å². The molecule has 2 N–H and O–H groups in total. The highest BCUT2D eigenvalue weighted by atomic mass is 32.2. The number of hydrogen-bond donors (Lipinski definition) is 2. The Labute approximate surface area is 206 Å². The Bertz CT molecular complexity index is 1260. The Balaban J connectivity index is 1.58. The number of anilines is 1. The van der Waals surface area contributed by atoms with Crippen LogP contribution in [0.15, 0.2) is 89.8 Å². The van der Waals surface area contributed by atoms with Gasteiger partial charge in [-0.2, -0.15) is 0 Å². The van der Waals surface area contributed by atoms with Gasteiger partial charge in [0.25, 0.3) is 10.0 Å². The van der Waals surface area contributed by atoms with Gasteiger partial charge in [-0.1, -0.05) is 60.7 Å². The highest BCUT2D eigenvalue weighted by molar-refractivity contribution is 7.92. The Morgan fingerprint density at radius 1 is 1.03 bits per heavy atom. The molecule has 8 heteroatoms. The standard InChI is InChI=1S/C27H29NO6S/c1-28(35(32,33)25-11-3-2-4-12-25)23-10-7-8-21(20-23)14-16-24(29)18-19-34-26-13-6-5-9-22(26)15-17-27(30)31/h2-14,16,20,24,29H,15,17-19H2,1H3,(H,30,31)/b16-14+. The summed E-state index contributed by atoms with van der Waals surface area (Å²) in [5.41, 5.74) is 2.06. The number of hydrogen-bond acceptors (Lipinski definition) is 5. The summed E-state index contributed by atoms with van der Waals surface area (Å²) in [6, 6.07) is 22.5. The van der Waals surface area contributed by atoms with E-state index in [1.807, 2.05) is 24.3 Å². The summed E-state index contributed by atoms with van der Waals surface area (Å²) in [4.78, 5) is 11.0. The van der Waals surface area contributed by atoms with Crippen LogP contribution < -0.4 is 9.04 Å². The van der Waals surface area contributed by atoms with Crippen LogP contribution in [0, 0.1) is 0 Å². The van der Waals surface area contributed by atoms with Crippen LogP contribution in [-0.2, 0) is 21.2 Å². The van der Waals surface area contributed by atoms with Crippen molar-refractivity contribution in [2.24, 2.45) is 0 Å². The van der Waals surface area contributed by atoms with E-state index in [9.17, 15) is 18.3 Å². The average Bonchev–Trinajstić information content (AvgIpc) is 2.87. The van der Waals surface area contributed by atoms with Gasteiger partial charge in [0, 0.05) is 19.9 Å². The van der Waals surface area contributed by atoms with E-state index in [0.29, 0.717) is 24.3 Å². The quantitative estimate of drug-likeness (QED) is 0.387. The maximum Gasteiger partial charge on any atom is 0.303 e. The lowest BCUT2D eigenvalue weighted by atomic mass is 10.1. The number of carbonyl (C=O) groups is 1. The van der Waals surface area contributed by atoms with Crippen LogP contribution in [0.5, 0.6) is 5.75 Å². The lowest BCUT2D eigenvalue weighted by Crippen LogP contribution is -2.26. The first-order valence-corrected chi connectivity index (χ1v) is 12.6. The van der Waals surface area contributed by atoms with Crippen LogP contribution in [0.4, 0.5) is 5.69 Å². The van der Waals surface area contributed by atoms with Crippen molar-refractivity contribution >= 4 is 27.8 Å². The molecule has 0 aliphatic carbocycles. The molecule has 184 valence electrons. The number of aliphatic hydroxyl groups is 1. The number of ether oxygens (including phenoxy) is 1. The number of para-hydroxylation sites is 1. The Hall–Kier alpha value is -3.62. The number of aryl methyl sites for hydroxylation is 1. The molecule has 0 aromatic heterocycles. The molecular weight excluding hydrogens is 466 g/mol. The van der Waals surface area contributed by atoms with Crippen LogP contribution in [0.3, 0.4) is 0 Å². The van der Waals surface area contributed by atoms with Crippen LogP contribution in [-0.4, -0.2) is 44.4 Å². The van der Waals surface area contributed by atoms with Gasteiger partial charge in [0.2, 0.25) is 0 Å². The maximum absolute atomic E-state index is 12.9. The first kappa shape index (κ1) is 26.0. The molecule has 0 saturated carbocycles. The molecule has 1 unspecified atom stereocenters. The molecule has 0 bridgehead atoms. The fourth-order valence-corrected chi connectivity index (χ4v) is 4.62. The number of sulfonamides is 1. The van der Waals surface area contributed by atoms with Gasteiger partial charge in [0.05, 0.1) is 23.3 Å². The zero-order chi connectivity index (χ0) is 25.3.